The number of phenols is 2. The van der Waals surface area contributed by atoms with Crippen LogP contribution in [0.3, 0.4) is 0 Å². The average molecular weight is 810 g/mol. The molecule has 3 atom stereocenters. The molecule has 0 saturated heterocycles. The van der Waals surface area contributed by atoms with E-state index in [1.54, 1.807) is 42.5 Å². The summed E-state index contributed by atoms with van der Waals surface area (Å²) in [5, 5.41) is 53.3. The predicted octanol–water partition coefficient (Wildman–Crippen LogP) is 5.96. The van der Waals surface area contributed by atoms with Crippen molar-refractivity contribution in [2.24, 2.45) is 0 Å². The van der Waals surface area contributed by atoms with E-state index in [0.29, 0.717) is 48.4 Å². The van der Waals surface area contributed by atoms with Gasteiger partial charge in [-0.15, -0.1) is 0 Å². The summed E-state index contributed by atoms with van der Waals surface area (Å²) < 4.78 is 39.4. The first-order valence-corrected chi connectivity index (χ1v) is 19.9. The summed E-state index contributed by atoms with van der Waals surface area (Å²) in [5.41, 5.74) is 0.932. The van der Waals surface area contributed by atoms with Gasteiger partial charge in [-0.1, -0.05) is 40.0 Å². The number of unbranched alkanes of at least 4 members (excludes halogenated alkanes) is 3. The third-order valence-corrected chi connectivity index (χ3v) is 8.65. The second-order valence-corrected chi connectivity index (χ2v) is 13.7. The summed E-state index contributed by atoms with van der Waals surface area (Å²) >= 11 is 0. The van der Waals surface area contributed by atoms with Gasteiger partial charge < -0.3 is 58.7 Å². The largest absolute Gasteiger partial charge is 0.507 e. The summed E-state index contributed by atoms with van der Waals surface area (Å²) in [7, 11) is 1.49. The molecule has 0 aliphatic carbocycles. The third-order valence-electron chi connectivity index (χ3n) is 8.65. The van der Waals surface area contributed by atoms with Crippen molar-refractivity contribution >= 4 is 0 Å². The van der Waals surface area contributed by atoms with E-state index in [1.165, 1.54) is 19.2 Å². The number of rotatable bonds is 28. The van der Waals surface area contributed by atoms with Crippen molar-refractivity contribution in [3.8, 4) is 68.7 Å². The Kier molecular flexibility index (Phi) is 19.7. The maximum absolute atomic E-state index is 11.2. The van der Waals surface area contributed by atoms with Gasteiger partial charge in [-0.3, -0.25) is 0 Å². The Hall–Kier alpha value is -4.77. The smallest absolute Gasteiger partial charge is 0.167 e. The van der Waals surface area contributed by atoms with Crippen LogP contribution in [0.15, 0.2) is 54.6 Å². The highest BCUT2D eigenvalue weighted by Crippen LogP contribution is 2.38. The lowest BCUT2D eigenvalue weighted by atomic mass is 10.1. The molecule has 0 aliphatic heterocycles. The van der Waals surface area contributed by atoms with Crippen LogP contribution in [0.5, 0.6) is 34.5 Å². The molecule has 0 saturated carbocycles. The van der Waals surface area contributed by atoms with Gasteiger partial charge in [-0.25, -0.2) is 15.0 Å². The standard InChI is InChI=1S/C43H59N3O12/c1-5-8-17-53-23-29(47)26-56-32-11-14-35(38(50)20-32)41-44-42(36-15-12-33(21-39(36)51)57-27-30(48)24-54-18-9-6-2)46-43(45-41)37-16-13-34(22-40(37)52-4)58-28-31(49)25-55-19-10-7-3/h11-16,20-22,29-31,47-51H,5-10,17-19,23-28H2,1-4H3. The topological polar surface area (TPSA) is 204 Å². The minimum absolute atomic E-state index is 0.00401. The molecule has 0 radical (unpaired) electrons. The molecule has 4 rings (SSSR count). The number of aromatic hydroxyl groups is 2. The Labute approximate surface area is 340 Å². The Balaban J connectivity index is 1.62. The van der Waals surface area contributed by atoms with Gasteiger partial charge in [0.25, 0.3) is 0 Å². The molecule has 0 fully saturated rings. The first-order chi connectivity index (χ1) is 28.1. The molecular weight excluding hydrogens is 750 g/mol. The number of hydrogen-bond acceptors (Lipinski definition) is 15. The van der Waals surface area contributed by atoms with Gasteiger partial charge in [-0.05, 0) is 55.7 Å². The predicted molar refractivity (Wildman–Crippen MR) is 218 cm³/mol. The number of aliphatic hydroxyl groups excluding tert-OH is 3. The highest BCUT2D eigenvalue weighted by molar-refractivity contribution is 5.74. The van der Waals surface area contributed by atoms with Crippen LogP contribution in [0, 0.1) is 0 Å². The number of methoxy groups -OCH3 is 1. The van der Waals surface area contributed by atoms with E-state index in [9.17, 15) is 25.5 Å². The molecule has 15 nitrogen and oxygen atoms in total. The summed E-state index contributed by atoms with van der Waals surface area (Å²) in [6, 6.07) is 14.2. The summed E-state index contributed by atoms with van der Waals surface area (Å²) in [6.07, 6.45) is 3.15. The van der Waals surface area contributed by atoms with Gasteiger partial charge in [0.2, 0.25) is 0 Å². The van der Waals surface area contributed by atoms with Crippen molar-refractivity contribution in [2.75, 3.05) is 66.6 Å². The number of aliphatic hydroxyl groups is 3. The fraction of sp³-hybridized carbons (Fsp3) is 0.512. The van der Waals surface area contributed by atoms with E-state index in [2.05, 4.69) is 25.8 Å². The van der Waals surface area contributed by atoms with E-state index in [-0.39, 0.29) is 79.7 Å². The normalized spacial score (nSPS) is 12.9. The molecule has 318 valence electrons. The van der Waals surface area contributed by atoms with Gasteiger partial charge in [-0.2, -0.15) is 0 Å². The monoisotopic (exact) mass is 809 g/mol. The minimum atomic E-state index is -0.854. The number of nitrogens with zero attached hydrogens (tertiary/aromatic N) is 3. The van der Waals surface area contributed by atoms with Crippen molar-refractivity contribution in [3.63, 3.8) is 0 Å². The number of benzene rings is 3. The molecular formula is C43H59N3O12. The van der Waals surface area contributed by atoms with Crippen LogP contribution in [0.4, 0.5) is 0 Å². The summed E-state index contributed by atoms with van der Waals surface area (Å²) in [6.45, 7) is 8.18. The second kappa shape index (κ2) is 24.9. The van der Waals surface area contributed by atoms with E-state index in [4.69, 9.17) is 43.1 Å². The van der Waals surface area contributed by atoms with Crippen molar-refractivity contribution in [1.82, 2.24) is 15.0 Å². The van der Waals surface area contributed by atoms with Crippen LogP contribution in [-0.2, 0) is 14.2 Å². The molecule has 4 aromatic rings. The van der Waals surface area contributed by atoms with E-state index < -0.39 is 18.3 Å². The van der Waals surface area contributed by atoms with Gasteiger partial charge in [0.1, 0.15) is 72.6 Å². The average Bonchev–Trinajstić information content (AvgIpc) is 3.23. The quantitative estimate of drug-likeness (QED) is 0.0420. The zero-order valence-electron chi connectivity index (χ0n) is 34.0. The highest BCUT2D eigenvalue weighted by atomic mass is 16.5. The first kappa shape index (κ1) is 45.9. The van der Waals surface area contributed by atoms with Crippen LogP contribution in [0.2, 0.25) is 0 Å². The molecule has 3 unspecified atom stereocenters. The van der Waals surface area contributed by atoms with Gasteiger partial charge in [0, 0.05) is 38.0 Å². The van der Waals surface area contributed by atoms with E-state index in [1.807, 2.05) is 0 Å². The fourth-order valence-corrected chi connectivity index (χ4v) is 5.38. The number of phenolic OH excluding ortho intramolecular Hbond substituents is 2. The highest BCUT2D eigenvalue weighted by Gasteiger charge is 2.21. The molecule has 0 spiro atoms. The Morgan fingerprint density at radius 3 is 1.17 bits per heavy atom. The lowest BCUT2D eigenvalue weighted by Crippen LogP contribution is -2.23. The second-order valence-electron chi connectivity index (χ2n) is 13.7. The molecule has 1 aromatic heterocycles. The zero-order chi connectivity index (χ0) is 41.7. The summed E-state index contributed by atoms with van der Waals surface area (Å²) in [5.74, 6) is 1.31. The Bertz CT molecular complexity index is 1720. The van der Waals surface area contributed by atoms with E-state index in [0.717, 1.165) is 38.5 Å². The lowest BCUT2D eigenvalue weighted by Gasteiger charge is -2.16. The van der Waals surface area contributed by atoms with Gasteiger partial charge in [0.15, 0.2) is 17.5 Å². The van der Waals surface area contributed by atoms with Crippen molar-refractivity contribution in [1.29, 1.82) is 0 Å². The molecule has 3 aromatic carbocycles. The molecule has 0 aliphatic rings. The fourth-order valence-electron chi connectivity index (χ4n) is 5.38. The van der Waals surface area contributed by atoms with E-state index >= 15 is 0 Å². The summed E-state index contributed by atoms with van der Waals surface area (Å²) in [4.78, 5) is 14.0. The Morgan fingerprint density at radius 1 is 0.483 bits per heavy atom. The Morgan fingerprint density at radius 2 is 0.828 bits per heavy atom. The molecule has 0 amide bonds. The number of hydrogen-bond donors (Lipinski definition) is 5. The van der Waals surface area contributed by atoms with Gasteiger partial charge in [0.05, 0.1) is 43.6 Å². The zero-order valence-corrected chi connectivity index (χ0v) is 34.0. The van der Waals surface area contributed by atoms with Crippen molar-refractivity contribution in [3.05, 3.63) is 54.6 Å². The van der Waals surface area contributed by atoms with Crippen LogP contribution in [-0.4, -0.2) is 125 Å². The van der Waals surface area contributed by atoms with Gasteiger partial charge >= 0.3 is 0 Å². The SMILES string of the molecule is CCCCOCC(O)COc1ccc(-c2nc(-c3ccc(OCC(O)COCCCC)cc3O)nc(-c3ccc(OCC(O)COCCCC)cc3OC)n2)c(O)c1. The van der Waals surface area contributed by atoms with Crippen LogP contribution >= 0.6 is 0 Å². The molecule has 58 heavy (non-hydrogen) atoms. The molecule has 5 N–H and O–H groups in total. The maximum atomic E-state index is 11.2. The molecule has 1 heterocycles. The maximum Gasteiger partial charge on any atom is 0.167 e. The lowest BCUT2D eigenvalue weighted by molar-refractivity contribution is 0.0113. The number of aromatic nitrogens is 3. The van der Waals surface area contributed by atoms with Crippen LogP contribution in [0.25, 0.3) is 34.2 Å². The molecule has 15 heteroatoms. The van der Waals surface area contributed by atoms with Crippen molar-refractivity contribution < 1.29 is 58.7 Å². The van der Waals surface area contributed by atoms with Crippen LogP contribution < -0.4 is 18.9 Å². The first-order valence-electron chi connectivity index (χ1n) is 19.9. The van der Waals surface area contributed by atoms with Crippen molar-refractivity contribution in [2.45, 2.75) is 77.6 Å². The molecule has 0 bridgehead atoms. The van der Waals surface area contributed by atoms with Crippen LogP contribution in [0.1, 0.15) is 59.3 Å². The number of ether oxygens (including phenoxy) is 7. The minimum Gasteiger partial charge on any atom is -0.507 e. The third kappa shape index (κ3) is 14.9.